The van der Waals surface area contributed by atoms with E-state index in [2.05, 4.69) is 10.6 Å². The number of benzene rings is 1. The molecule has 0 bridgehead atoms. The molecular formula is C22H29N3O5. The number of imide groups is 1. The summed E-state index contributed by atoms with van der Waals surface area (Å²) in [5.41, 5.74) is 2.68. The number of amides is 4. The van der Waals surface area contributed by atoms with Crippen LogP contribution in [0.1, 0.15) is 49.3 Å². The zero-order chi connectivity index (χ0) is 22.1. The number of urea groups is 1. The van der Waals surface area contributed by atoms with Crippen molar-refractivity contribution in [1.82, 2.24) is 10.2 Å². The summed E-state index contributed by atoms with van der Waals surface area (Å²) >= 11 is 0. The molecule has 0 aromatic heterocycles. The lowest BCUT2D eigenvalue weighted by molar-refractivity contribution is -0.150. The maximum atomic E-state index is 12.9. The van der Waals surface area contributed by atoms with Gasteiger partial charge in [-0.1, -0.05) is 37.5 Å². The van der Waals surface area contributed by atoms with Crippen LogP contribution in [0.2, 0.25) is 0 Å². The van der Waals surface area contributed by atoms with Crippen LogP contribution in [0.25, 0.3) is 0 Å². The fourth-order valence-corrected chi connectivity index (χ4v) is 4.51. The van der Waals surface area contributed by atoms with Gasteiger partial charge in [-0.25, -0.2) is 4.79 Å². The third-order valence-electron chi connectivity index (χ3n) is 6.09. The van der Waals surface area contributed by atoms with Gasteiger partial charge in [0.15, 0.2) is 6.61 Å². The Morgan fingerprint density at radius 1 is 1.20 bits per heavy atom. The number of anilines is 1. The smallest absolute Gasteiger partial charge is 0.326 e. The molecule has 2 atom stereocenters. The van der Waals surface area contributed by atoms with E-state index in [1.54, 1.807) is 0 Å². The van der Waals surface area contributed by atoms with Crippen molar-refractivity contribution in [3.63, 3.8) is 0 Å². The Kier molecular flexibility index (Phi) is 6.14. The van der Waals surface area contributed by atoms with E-state index in [9.17, 15) is 19.2 Å². The molecule has 1 spiro atoms. The number of nitrogens with zero attached hydrogens (tertiary/aromatic N) is 1. The van der Waals surface area contributed by atoms with Crippen molar-refractivity contribution in [2.45, 2.75) is 58.9 Å². The first-order valence-electron chi connectivity index (χ1n) is 10.3. The van der Waals surface area contributed by atoms with Gasteiger partial charge in [-0.3, -0.25) is 19.3 Å². The van der Waals surface area contributed by atoms with Crippen molar-refractivity contribution in [2.24, 2.45) is 5.92 Å². The molecule has 1 aliphatic carbocycles. The lowest BCUT2D eigenvalue weighted by Gasteiger charge is -2.36. The molecule has 1 heterocycles. The van der Waals surface area contributed by atoms with Gasteiger partial charge < -0.3 is 15.4 Å². The quantitative estimate of drug-likeness (QED) is 0.568. The van der Waals surface area contributed by atoms with E-state index in [1.807, 2.05) is 39.8 Å². The van der Waals surface area contributed by atoms with Crippen LogP contribution in [0.15, 0.2) is 12.1 Å². The van der Waals surface area contributed by atoms with Crippen molar-refractivity contribution in [3.05, 3.63) is 28.8 Å². The monoisotopic (exact) mass is 415 g/mol. The Morgan fingerprint density at radius 3 is 2.50 bits per heavy atom. The number of ether oxygens (including phenoxy) is 1. The van der Waals surface area contributed by atoms with E-state index in [0.717, 1.165) is 40.9 Å². The number of hydrogen-bond donors (Lipinski definition) is 2. The minimum atomic E-state index is -0.923. The summed E-state index contributed by atoms with van der Waals surface area (Å²) in [7, 11) is 0. The van der Waals surface area contributed by atoms with Crippen molar-refractivity contribution in [1.29, 1.82) is 0 Å². The van der Waals surface area contributed by atoms with Crippen molar-refractivity contribution >= 4 is 29.5 Å². The first kappa shape index (κ1) is 21.8. The Hall–Kier alpha value is -2.90. The summed E-state index contributed by atoms with van der Waals surface area (Å²) in [6.07, 6.45) is 3.29. The standard InChI is InChI=1S/C22H29N3O5/c1-13-9-14(2)19(15(3)10-13)23-17(26)12-30-18(27)11-25-20(28)22(24-21(25)29)8-6-5-7-16(22)4/h9-10,16H,5-8,11-12H2,1-4H3,(H,23,26)(H,24,29)/t16-,22-/m0/s1. The zero-order valence-electron chi connectivity index (χ0n) is 18.0. The second kappa shape index (κ2) is 8.45. The van der Waals surface area contributed by atoms with Crippen LogP contribution in [0.4, 0.5) is 10.5 Å². The Balaban J connectivity index is 1.55. The number of nitrogens with one attached hydrogen (secondary N) is 2. The molecule has 30 heavy (non-hydrogen) atoms. The van der Waals surface area contributed by atoms with Crippen molar-refractivity contribution in [3.8, 4) is 0 Å². The van der Waals surface area contributed by atoms with E-state index < -0.39 is 36.6 Å². The summed E-state index contributed by atoms with van der Waals surface area (Å²) in [6.45, 7) is 6.70. The molecule has 1 saturated heterocycles. The molecule has 2 aliphatic rings. The molecule has 2 N–H and O–H groups in total. The normalized spacial score (nSPS) is 23.5. The largest absolute Gasteiger partial charge is 0.454 e. The molecule has 2 fully saturated rings. The topological polar surface area (TPSA) is 105 Å². The molecule has 1 aromatic carbocycles. The van der Waals surface area contributed by atoms with Crippen LogP contribution in [-0.4, -0.2) is 47.4 Å². The first-order chi connectivity index (χ1) is 14.1. The molecular weight excluding hydrogens is 386 g/mol. The molecule has 8 heteroatoms. The predicted octanol–water partition coefficient (Wildman–Crippen LogP) is 2.59. The maximum Gasteiger partial charge on any atom is 0.326 e. The molecule has 8 nitrogen and oxygen atoms in total. The SMILES string of the molecule is Cc1cc(C)c(NC(=O)COC(=O)CN2C(=O)N[C@]3(CCCC[C@@H]3C)C2=O)c(C)c1. The average molecular weight is 415 g/mol. The average Bonchev–Trinajstić information content (AvgIpc) is 2.90. The van der Waals surface area contributed by atoms with Gasteiger partial charge in [0.05, 0.1) is 0 Å². The third kappa shape index (κ3) is 4.17. The minimum absolute atomic E-state index is 0.00971. The van der Waals surface area contributed by atoms with Gasteiger partial charge in [-0.2, -0.15) is 0 Å². The van der Waals surface area contributed by atoms with E-state index in [-0.39, 0.29) is 11.8 Å². The minimum Gasteiger partial charge on any atom is -0.454 e. The van der Waals surface area contributed by atoms with E-state index in [0.29, 0.717) is 12.1 Å². The highest BCUT2D eigenvalue weighted by Crippen LogP contribution is 2.38. The molecule has 3 rings (SSSR count). The highest BCUT2D eigenvalue weighted by Gasteiger charge is 2.55. The molecule has 1 aromatic rings. The molecule has 162 valence electrons. The molecule has 1 aliphatic heterocycles. The Bertz CT molecular complexity index is 874. The lowest BCUT2D eigenvalue weighted by Crippen LogP contribution is -2.54. The van der Waals surface area contributed by atoms with Gasteiger partial charge in [-0.15, -0.1) is 0 Å². The van der Waals surface area contributed by atoms with Gasteiger partial charge >= 0.3 is 12.0 Å². The zero-order valence-corrected chi connectivity index (χ0v) is 18.0. The van der Waals surface area contributed by atoms with Crippen molar-refractivity contribution in [2.75, 3.05) is 18.5 Å². The molecule has 4 amide bonds. The second-order valence-corrected chi connectivity index (χ2v) is 8.42. The second-order valence-electron chi connectivity index (χ2n) is 8.42. The third-order valence-corrected chi connectivity index (χ3v) is 6.09. The van der Waals surface area contributed by atoms with Gasteiger partial charge in [0.25, 0.3) is 11.8 Å². The number of rotatable bonds is 5. The van der Waals surface area contributed by atoms with Crippen molar-refractivity contribution < 1.29 is 23.9 Å². The summed E-state index contributed by atoms with van der Waals surface area (Å²) in [4.78, 5) is 50.5. The maximum absolute atomic E-state index is 12.9. The number of carbonyl (C=O) groups is 4. The first-order valence-corrected chi connectivity index (χ1v) is 10.3. The summed E-state index contributed by atoms with van der Waals surface area (Å²) in [5, 5.41) is 5.54. The summed E-state index contributed by atoms with van der Waals surface area (Å²) in [6, 6.07) is 3.32. The number of esters is 1. The fourth-order valence-electron chi connectivity index (χ4n) is 4.51. The fraction of sp³-hybridized carbons (Fsp3) is 0.545. The van der Waals surface area contributed by atoms with Gasteiger partial charge in [0, 0.05) is 5.69 Å². The van der Waals surface area contributed by atoms with Crippen LogP contribution >= 0.6 is 0 Å². The molecule has 0 radical (unpaired) electrons. The van der Waals surface area contributed by atoms with Crippen LogP contribution in [-0.2, 0) is 19.1 Å². The van der Waals surface area contributed by atoms with E-state index in [1.165, 1.54) is 0 Å². The van der Waals surface area contributed by atoms with Crippen LogP contribution < -0.4 is 10.6 Å². The molecule has 1 saturated carbocycles. The van der Waals surface area contributed by atoms with Gasteiger partial charge in [0.1, 0.15) is 12.1 Å². The number of hydrogen-bond acceptors (Lipinski definition) is 5. The number of aryl methyl sites for hydroxylation is 3. The number of carbonyl (C=O) groups excluding carboxylic acids is 4. The van der Waals surface area contributed by atoms with Crippen LogP contribution in [0.5, 0.6) is 0 Å². The van der Waals surface area contributed by atoms with E-state index >= 15 is 0 Å². The van der Waals surface area contributed by atoms with Gasteiger partial charge in [-0.05, 0) is 50.7 Å². The van der Waals surface area contributed by atoms with Crippen LogP contribution in [0.3, 0.4) is 0 Å². The summed E-state index contributed by atoms with van der Waals surface area (Å²) < 4.78 is 5.02. The highest BCUT2D eigenvalue weighted by atomic mass is 16.5. The Labute approximate surface area is 176 Å². The van der Waals surface area contributed by atoms with E-state index in [4.69, 9.17) is 4.74 Å². The highest BCUT2D eigenvalue weighted by molar-refractivity contribution is 6.09. The predicted molar refractivity (Wildman–Crippen MR) is 111 cm³/mol. The summed E-state index contributed by atoms with van der Waals surface area (Å²) in [5.74, 6) is -1.65. The van der Waals surface area contributed by atoms with Crippen LogP contribution in [0, 0.1) is 26.7 Å². The molecule has 0 unspecified atom stereocenters. The van der Waals surface area contributed by atoms with Gasteiger partial charge in [0.2, 0.25) is 0 Å². The lowest BCUT2D eigenvalue weighted by atomic mass is 9.73. The Morgan fingerprint density at radius 2 is 1.87 bits per heavy atom.